The Morgan fingerprint density at radius 1 is 1.21 bits per heavy atom. The average molecular weight is 319 g/mol. The quantitative estimate of drug-likeness (QED) is 0.924. The fraction of sp³-hybridized carbons (Fsp3) is 0.357. The van der Waals surface area contributed by atoms with Crippen molar-refractivity contribution in [1.29, 1.82) is 0 Å². The van der Waals surface area contributed by atoms with E-state index in [1.807, 2.05) is 12.1 Å². The number of nitrogens with one attached hydrogen (secondary N) is 1. The van der Waals surface area contributed by atoms with E-state index in [1.165, 1.54) is 5.56 Å². The topological polar surface area (TPSA) is 50.7 Å². The summed E-state index contributed by atoms with van der Waals surface area (Å²) < 4.78 is 0.961. The van der Waals surface area contributed by atoms with E-state index in [4.69, 9.17) is 4.98 Å². The molecule has 0 saturated heterocycles. The molecule has 0 spiro atoms. The number of aromatic nitrogens is 3. The van der Waals surface area contributed by atoms with Gasteiger partial charge in [0.05, 0.1) is 11.4 Å². The maximum atomic E-state index is 4.71. The third-order valence-electron chi connectivity index (χ3n) is 3.22. The van der Waals surface area contributed by atoms with Crippen LogP contribution in [0.4, 0.5) is 0 Å². The molecule has 4 nitrogen and oxygen atoms in total. The van der Waals surface area contributed by atoms with Crippen LogP contribution in [-0.2, 0) is 13.1 Å². The van der Waals surface area contributed by atoms with Crippen LogP contribution in [0.25, 0.3) is 11.5 Å². The number of nitrogens with zero attached hydrogens (tertiary/aromatic N) is 3. The van der Waals surface area contributed by atoms with Crippen LogP contribution in [0.15, 0.2) is 22.8 Å². The van der Waals surface area contributed by atoms with Crippen molar-refractivity contribution in [2.75, 3.05) is 0 Å². The number of hydrogen-bond acceptors (Lipinski definition) is 4. The van der Waals surface area contributed by atoms with Crippen LogP contribution in [-0.4, -0.2) is 15.0 Å². The van der Waals surface area contributed by atoms with Gasteiger partial charge in [-0.05, 0) is 34.0 Å². The Hall–Kier alpha value is -1.33. The van der Waals surface area contributed by atoms with E-state index in [9.17, 15) is 0 Å². The second kappa shape index (κ2) is 4.98. The molecule has 0 amide bonds. The normalized spacial score (nSPS) is 13.9. The molecule has 3 heterocycles. The molecule has 2 aromatic heterocycles. The van der Waals surface area contributed by atoms with E-state index in [2.05, 4.69) is 45.1 Å². The summed E-state index contributed by atoms with van der Waals surface area (Å²) >= 11 is 3.39. The van der Waals surface area contributed by atoms with Crippen molar-refractivity contribution in [2.45, 2.75) is 32.9 Å². The molecule has 5 heteroatoms. The van der Waals surface area contributed by atoms with Crippen LogP contribution in [0.3, 0.4) is 0 Å². The van der Waals surface area contributed by atoms with Crippen LogP contribution in [0.5, 0.6) is 0 Å². The van der Waals surface area contributed by atoms with E-state index in [0.29, 0.717) is 5.92 Å². The SMILES string of the molecule is CC(C)c1nc(-c2ccc(Br)cn2)nc2c1CNC2. The Morgan fingerprint density at radius 3 is 2.74 bits per heavy atom. The van der Waals surface area contributed by atoms with Crippen molar-refractivity contribution in [3.05, 3.63) is 39.8 Å². The maximum absolute atomic E-state index is 4.71. The second-order valence-corrected chi connectivity index (χ2v) is 5.89. The number of fused-ring (bicyclic) bond motifs is 1. The first-order valence-electron chi connectivity index (χ1n) is 6.37. The zero-order valence-corrected chi connectivity index (χ0v) is 12.5. The monoisotopic (exact) mass is 318 g/mol. The van der Waals surface area contributed by atoms with E-state index in [-0.39, 0.29) is 0 Å². The minimum atomic E-state index is 0.394. The summed E-state index contributed by atoms with van der Waals surface area (Å²) in [5.74, 6) is 1.12. The Bertz CT molecular complexity index is 608. The second-order valence-electron chi connectivity index (χ2n) is 4.98. The average Bonchev–Trinajstić information content (AvgIpc) is 2.86. The van der Waals surface area contributed by atoms with Crippen molar-refractivity contribution < 1.29 is 0 Å². The lowest BCUT2D eigenvalue weighted by Gasteiger charge is -2.11. The summed E-state index contributed by atoms with van der Waals surface area (Å²) in [6.07, 6.45) is 1.78. The third kappa shape index (κ3) is 2.40. The predicted octanol–water partition coefficient (Wildman–Crippen LogP) is 3.03. The van der Waals surface area contributed by atoms with Gasteiger partial charge in [0, 0.05) is 29.3 Å². The van der Waals surface area contributed by atoms with E-state index in [0.717, 1.165) is 40.5 Å². The summed E-state index contributed by atoms with van der Waals surface area (Å²) in [7, 11) is 0. The molecular weight excluding hydrogens is 304 g/mol. The molecule has 1 N–H and O–H groups in total. The predicted molar refractivity (Wildman–Crippen MR) is 77.6 cm³/mol. The first kappa shape index (κ1) is 12.7. The van der Waals surface area contributed by atoms with Gasteiger partial charge in [-0.3, -0.25) is 4.98 Å². The molecule has 1 aliphatic rings. The van der Waals surface area contributed by atoms with E-state index in [1.54, 1.807) is 6.20 Å². The molecule has 0 aliphatic carbocycles. The molecule has 0 bridgehead atoms. The Morgan fingerprint density at radius 2 is 2.05 bits per heavy atom. The first-order valence-corrected chi connectivity index (χ1v) is 7.17. The standard InChI is InChI=1S/C14H15BrN4/c1-8(2)13-10-6-16-7-12(10)18-14(19-13)11-4-3-9(15)5-17-11/h3-5,8,16H,6-7H2,1-2H3. The third-order valence-corrected chi connectivity index (χ3v) is 3.69. The van der Waals surface area contributed by atoms with Gasteiger partial charge in [-0.2, -0.15) is 0 Å². The van der Waals surface area contributed by atoms with E-state index >= 15 is 0 Å². The van der Waals surface area contributed by atoms with Gasteiger partial charge in [0.2, 0.25) is 0 Å². The van der Waals surface area contributed by atoms with Gasteiger partial charge in [-0.15, -0.1) is 0 Å². The molecule has 1 aliphatic heterocycles. The Kier molecular flexibility index (Phi) is 3.33. The lowest BCUT2D eigenvalue weighted by molar-refractivity contribution is 0.746. The highest BCUT2D eigenvalue weighted by atomic mass is 79.9. The van der Waals surface area contributed by atoms with Crippen molar-refractivity contribution in [3.63, 3.8) is 0 Å². The zero-order chi connectivity index (χ0) is 13.4. The highest BCUT2D eigenvalue weighted by Gasteiger charge is 2.21. The minimum absolute atomic E-state index is 0.394. The van der Waals surface area contributed by atoms with Crippen molar-refractivity contribution >= 4 is 15.9 Å². The highest BCUT2D eigenvalue weighted by Crippen LogP contribution is 2.26. The molecule has 0 atom stereocenters. The molecular formula is C14H15BrN4. The lowest BCUT2D eigenvalue weighted by Crippen LogP contribution is -2.05. The van der Waals surface area contributed by atoms with Crippen molar-refractivity contribution in [1.82, 2.24) is 20.3 Å². The molecule has 0 radical (unpaired) electrons. The van der Waals surface area contributed by atoms with E-state index < -0.39 is 0 Å². The van der Waals surface area contributed by atoms with Crippen LogP contribution in [0, 0.1) is 0 Å². The van der Waals surface area contributed by atoms with Gasteiger partial charge < -0.3 is 5.32 Å². The Balaban J connectivity index is 2.12. The molecule has 98 valence electrons. The Labute approximate surface area is 120 Å². The lowest BCUT2D eigenvalue weighted by atomic mass is 10.0. The summed E-state index contributed by atoms with van der Waals surface area (Å²) in [6, 6.07) is 3.91. The molecule has 0 fully saturated rings. The van der Waals surface area contributed by atoms with Crippen LogP contribution >= 0.6 is 15.9 Å². The van der Waals surface area contributed by atoms with Crippen molar-refractivity contribution in [3.8, 4) is 11.5 Å². The number of rotatable bonds is 2. The van der Waals surface area contributed by atoms with Gasteiger partial charge in [0.25, 0.3) is 0 Å². The molecule has 3 rings (SSSR count). The van der Waals surface area contributed by atoms with Gasteiger partial charge in [-0.1, -0.05) is 13.8 Å². The summed E-state index contributed by atoms with van der Waals surface area (Å²) in [5.41, 5.74) is 4.32. The summed E-state index contributed by atoms with van der Waals surface area (Å²) in [5, 5.41) is 3.34. The molecule has 2 aromatic rings. The number of pyridine rings is 1. The fourth-order valence-corrected chi connectivity index (χ4v) is 2.53. The first-order chi connectivity index (χ1) is 9.15. The fourth-order valence-electron chi connectivity index (χ4n) is 2.29. The molecule has 0 unspecified atom stereocenters. The van der Waals surface area contributed by atoms with Crippen LogP contribution in [0.2, 0.25) is 0 Å². The summed E-state index contributed by atoms with van der Waals surface area (Å²) in [4.78, 5) is 13.7. The van der Waals surface area contributed by atoms with Gasteiger partial charge >= 0.3 is 0 Å². The van der Waals surface area contributed by atoms with Crippen LogP contribution in [0.1, 0.15) is 36.7 Å². The van der Waals surface area contributed by atoms with Gasteiger partial charge in [-0.25, -0.2) is 9.97 Å². The van der Waals surface area contributed by atoms with Gasteiger partial charge in [0.15, 0.2) is 5.82 Å². The van der Waals surface area contributed by atoms with Gasteiger partial charge in [0.1, 0.15) is 5.69 Å². The number of hydrogen-bond donors (Lipinski definition) is 1. The smallest absolute Gasteiger partial charge is 0.178 e. The van der Waals surface area contributed by atoms with Crippen molar-refractivity contribution in [2.24, 2.45) is 0 Å². The molecule has 19 heavy (non-hydrogen) atoms. The minimum Gasteiger partial charge on any atom is -0.307 e. The largest absolute Gasteiger partial charge is 0.307 e. The maximum Gasteiger partial charge on any atom is 0.178 e. The zero-order valence-electron chi connectivity index (χ0n) is 10.9. The number of halogens is 1. The highest BCUT2D eigenvalue weighted by molar-refractivity contribution is 9.10. The molecule has 0 saturated carbocycles. The molecule has 0 aromatic carbocycles. The summed E-state index contributed by atoms with van der Waals surface area (Å²) in [6.45, 7) is 6.03. The van der Waals surface area contributed by atoms with Crippen LogP contribution < -0.4 is 5.32 Å².